The van der Waals surface area contributed by atoms with Gasteiger partial charge in [-0.2, -0.15) is 0 Å². The van der Waals surface area contributed by atoms with Crippen LogP contribution in [-0.4, -0.2) is 50.5 Å². The van der Waals surface area contributed by atoms with Crippen LogP contribution in [0.1, 0.15) is 13.8 Å². The van der Waals surface area contributed by atoms with Crippen molar-refractivity contribution in [1.29, 1.82) is 5.41 Å². The van der Waals surface area contributed by atoms with Crippen LogP contribution in [0.2, 0.25) is 0 Å². The van der Waals surface area contributed by atoms with Crippen molar-refractivity contribution in [2.45, 2.75) is 13.8 Å². The van der Waals surface area contributed by atoms with Gasteiger partial charge in [-0.3, -0.25) is 4.90 Å². The van der Waals surface area contributed by atoms with Gasteiger partial charge in [0, 0.05) is 38.1 Å². The molecule has 0 spiro atoms. The van der Waals surface area contributed by atoms with Crippen molar-refractivity contribution in [3.8, 4) is 0 Å². The topological polar surface area (TPSA) is 48.4 Å². The lowest BCUT2D eigenvalue weighted by Gasteiger charge is -2.27. The molecule has 1 saturated heterocycles. The third kappa shape index (κ3) is 4.77. The molecule has 0 atom stereocenters. The summed E-state index contributed by atoms with van der Waals surface area (Å²) >= 11 is 0. The normalized spacial score (nSPS) is 18.8. The number of morpholine rings is 1. The van der Waals surface area contributed by atoms with Crippen molar-refractivity contribution in [2.24, 2.45) is 5.92 Å². The van der Waals surface area contributed by atoms with Gasteiger partial charge < -0.3 is 15.5 Å². The summed E-state index contributed by atoms with van der Waals surface area (Å²) in [7, 11) is 0. The summed E-state index contributed by atoms with van der Waals surface area (Å²) in [4.78, 5) is 2.40. The molecule has 16 heavy (non-hydrogen) atoms. The van der Waals surface area contributed by atoms with Gasteiger partial charge in [0.2, 0.25) is 0 Å². The van der Waals surface area contributed by atoms with Crippen LogP contribution in [0, 0.1) is 11.3 Å². The van der Waals surface area contributed by atoms with Gasteiger partial charge in [0.05, 0.1) is 13.2 Å². The summed E-state index contributed by atoms with van der Waals surface area (Å²) in [5.74, 6) is 0.450. The Labute approximate surface area is 98.2 Å². The van der Waals surface area contributed by atoms with E-state index in [9.17, 15) is 0 Å². The third-order valence-corrected chi connectivity index (χ3v) is 2.75. The molecule has 0 aliphatic carbocycles. The molecule has 1 fully saturated rings. The predicted molar refractivity (Wildman–Crippen MR) is 67.0 cm³/mol. The van der Waals surface area contributed by atoms with Crippen LogP contribution in [0.3, 0.4) is 0 Å². The number of nitrogens with one attached hydrogen (secondary N) is 2. The van der Waals surface area contributed by atoms with Crippen LogP contribution in [0.15, 0.2) is 11.8 Å². The zero-order valence-electron chi connectivity index (χ0n) is 10.3. The van der Waals surface area contributed by atoms with Gasteiger partial charge in [-0.25, -0.2) is 0 Å². The molecule has 92 valence electrons. The quantitative estimate of drug-likeness (QED) is 0.665. The minimum atomic E-state index is 0.450. The fourth-order valence-corrected chi connectivity index (χ4v) is 1.73. The number of ether oxygens (including phenoxy) is 1. The second-order valence-electron chi connectivity index (χ2n) is 4.32. The highest BCUT2D eigenvalue weighted by atomic mass is 16.5. The second kappa shape index (κ2) is 7.41. The Hall–Kier alpha value is -0.870. The zero-order valence-corrected chi connectivity index (χ0v) is 10.3. The fraction of sp³-hybridized carbons (Fsp3) is 0.750. The molecule has 0 aromatic carbocycles. The minimum Gasteiger partial charge on any atom is -0.387 e. The van der Waals surface area contributed by atoms with E-state index in [1.165, 1.54) is 6.21 Å². The Bertz CT molecular complexity index is 232. The largest absolute Gasteiger partial charge is 0.387 e. The third-order valence-electron chi connectivity index (χ3n) is 2.75. The second-order valence-corrected chi connectivity index (χ2v) is 4.32. The monoisotopic (exact) mass is 225 g/mol. The lowest BCUT2D eigenvalue weighted by atomic mass is 10.1. The number of hydrogen-bond acceptors (Lipinski definition) is 4. The lowest BCUT2D eigenvalue weighted by molar-refractivity contribution is 0.0386. The van der Waals surface area contributed by atoms with E-state index in [4.69, 9.17) is 10.1 Å². The van der Waals surface area contributed by atoms with Gasteiger partial charge in [-0.1, -0.05) is 13.8 Å². The first-order chi connectivity index (χ1) is 7.74. The first-order valence-electron chi connectivity index (χ1n) is 5.98. The van der Waals surface area contributed by atoms with Crippen molar-refractivity contribution in [3.05, 3.63) is 11.8 Å². The van der Waals surface area contributed by atoms with Gasteiger partial charge in [0.1, 0.15) is 0 Å². The summed E-state index contributed by atoms with van der Waals surface area (Å²) in [6, 6.07) is 0. The Balaban J connectivity index is 2.22. The van der Waals surface area contributed by atoms with Crippen molar-refractivity contribution < 1.29 is 4.74 Å². The summed E-state index contributed by atoms with van der Waals surface area (Å²) in [5, 5.41) is 10.5. The van der Waals surface area contributed by atoms with E-state index < -0.39 is 0 Å². The number of allylic oxidation sites excluding steroid dienone is 2. The van der Waals surface area contributed by atoms with E-state index in [1.54, 1.807) is 0 Å². The van der Waals surface area contributed by atoms with Gasteiger partial charge in [0.15, 0.2) is 0 Å². The maximum Gasteiger partial charge on any atom is 0.0594 e. The molecule has 1 heterocycles. The van der Waals surface area contributed by atoms with Crippen molar-refractivity contribution >= 4 is 6.21 Å². The molecule has 0 bridgehead atoms. The maximum absolute atomic E-state index is 7.09. The highest BCUT2D eigenvalue weighted by Gasteiger charge is 2.09. The Morgan fingerprint density at radius 3 is 2.69 bits per heavy atom. The van der Waals surface area contributed by atoms with E-state index in [0.29, 0.717) is 5.92 Å². The average molecular weight is 225 g/mol. The minimum absolute atomic E-state index is 0.450. The molecule has 0 saturated carbocycles. The molecule has 1 rings (SSSR count). The molecular formula is C12H23N3O. The standard InChI is InChI=1S/C12H23N3O/c1-11(2)12(3-4-13)14-5-6-15-7-9-16-10-8-15/h3-4,11,13-14H,5-10H2,1-2H3/b12-3-,13-4?. The van der Waals surface area contributed by atoms with Crippen molar-refractivity contribution in [3.63, 3.8) is 0 Å². The first kappa shape index (κ1) is 13.2. The van der Waals surface area contributed by atoms with Crippen LogP contribution in [-0.2, 0) is 4.74 Å². The van der Waals surface area contributed by atoms with E-state index in [-0.39, 0.29) is 0 Å². The van der Waals surface area contributed by atoms with Crippen LogP contribution < -0.4 is 5.32 Å². The van der Waals surface area contributed by atoms with Gasteiger partial charge >= 0.3 is 0 Å². The molecule has 0 amide bonds. The average Bonchev–Trinajstić information content (AvgIpc) is 2.29. The maximum atomic E-state index is 7.09. The van der Waals surface area contributed by atoms with Crippen LogP contribution in [0.25, 0.3) is 0 Å². The Morgan fingerprint density at radius 1 is 1.44 bits per heavy atom. The molecule has 4 heteroatoms. The summed E-state index contributed by atoms with van der Waals surface area (Å²) in [5.41, 5.74) is 1.14. The molecule has 0 unspecified atom stereocenters. The molecule has 0 radical (unpaired) electrons. The van der Waals surface area contributed by atoms with Crippen molar-refractivity contribution in [1.82, 2.24) is 10.2 Å². The molecule has 2 N–H and O–H groups in total. The number of hydrogen-bond donors (Lipinski definition) is 2. The molecule has 1 aliphatic heterocycles. The predicted octanol–water partition coefficient (Wildman–Crippen LogP) is 1.10. The Morgan fingerprint density at radius 2 is 2.12 bits per heavy atom. The number of rotatable bonds is 6. The first-order valence-corrected chi connectivity index (χ1v) is 5.98. The molecular weight excluding hydrogens is 202 g/mol. The van der Waals surface area contributed by atoms with E-state index in [0.717, 1.165) is 45.1 Å². The van der Waals surface area contributed by atoms with E-state index in [1.807, 2.05) is 6.08 Å². The molecule has 0 aromatic rings. The van der Waals surface area contributed by atoms with E-state index in [2.05, 4.69) is 24.1 Å². The van der Waals surface area contributed by atoms with Crippen LogP contribution in [0.4, 0.5) is 0 Å². The van der Waals surface area contributed by atoms with Gasteiger partial charge in [0.25, 0.3) is 0 Å². The summed E-state index contributed by atoms with van der Waals surface area (Å²) < 4.78 is 5.30. The molecule has 0 aromatic heterocycles. The van der Waals surface area contributed by atoms with Gasteiger partial charge in [-0.15, -0.1) is 0 Å². The molecule has 1 aliphatic rings. The smallest absolute Gasteiger partial charge is 0.0594 e. The van der Waals surface area contributed by atoms with E-state index >= 15 is 0 Å². The molecule has 4 nitrogen and oxygen atoms in total. The highest BCUT2D eigenvalue weighted by molar-refractivity contribution is 5.68. The fourth-order valence-electron chi connectivity index (χ4n) is 1.73. The zero-order chi connectivity index (χ0) is 11.8. The summed E-state index contributed by atoms with van der Waals surface area (Å²) in [6.45, 7) is 10.0. The van der Waals surface area contributed by atoms with Crippen LogP contribution >= 0.6 is 0 Å². The Kier molecular flexibility index (Phi) is 6.11. The van der Waals surface area contributed by atoms with Crippen molar-refractivity contribution in [2.75, 3.05) is 39.4 Å². The summed E-state index contributed by atoms with van der Waals surface area (Å²) in [6.07, 6.45) is 3.18. The SMILES string of the molecule is CC(C)/C(=C/C=N)NCCN1CCOCC1. The number of nitrogens with zero attached hydrogens (tertiary/aromatic N) is 1. The lowest BCUT2D eigenvalue weighted by Crippen LogP contribution is -2.40. The highest BCUT2D eigenvalue weighted by Crippen LogP contribution is 2.04. The van der Waals surface area contributed by atoms with Crippen LogP contribution in [0.5, 0.6) is 0 Å². The van der Waals surface area contributed by atoms with Gasteiger partial charge in [-0.05, 0) is 12.0 Å².